The molecule has 1 atom stereocenters. The molecule has 12 heavy (non-hydrogen) atoms. The molecule has 3 amide bonds. The number of imide groups is 1. The Labute approximate surface area is 70.9 Å². The van der Waals surface area contributed by atoms with E-state index in [0.717, 1.165) is 4.90 Å². The highest BCUT2D eigenvalue weighted by Crippen LogP contribution is 2.07. The fraction of sp³-hybridized carbons (Fsp3) is 0.500. The largest absolute Gasteiger partial charge is 0.326 e. The van der Waals surface area contributed by atoms with Gasteiger partial charge in [0.2, 0.25) is 0 Å². The van der Waals surface area contributed by atoms with E-state index < -0.39 is 0 Å². The molecule has 0 aromatic carbocycles. The molecule has 0 aromatic heterocycles. The zero-order chi connectivity index (χ0) is 9.14. The fourth-order valence-electron chi connectivity index (χ4n) is 1.09. The lowest BCUT2D eigenvalue weighted by Crippen LogP contribution is -2.31. The first kappa shape index (κ1) is 8.60. The molecule has 64 valence electrons. The van der Waals surface area contributed by atoms with Gasteiger partial charge >= 0.3 is 6.03 Å². The summed E-state index contributed by atoms with van der Waals surface area (Å²) in [5.74, 6) is 2.04. The van der Waals surface area contributed by atoms with Crippen LogP contribution in [0.5, 0.6) is 0 Å². The average molecular weight is 166 g/mol. The molecule has 0 unspecified atom stereocenters. The predicted molar refractivity (Wildman–Crippen MR) is 43.2 cm³/mol. The molecule has 1 fully saturated rings. The van der Waals surface area contributed by atoms with Gasteiger partial charge < -0.3 is 5.32 Å². The van der Waals surface area contributed by atoms with Gasteiger partial charge in [-0.05, 0) is 6.42 Å². The van der Waals surface area contributed by atoms with Crippen LogP contribution in [0.3, 0.4) is 0 Å². The SMILES string of the molecule is C#CCN1C(=O)N[C@@H](CC)C1=O. The molecule has 0 spiro atoms. The minimum atomic E-state index is -0.384. The predicted octanol–water partition coefficient (Wildman–Crippen LogP) is -0.0500. The van der Waals surface area contributed by atoms with Gasteiger partial charge in [0.25, 0.3) is 5.91 Å². The Bertz CT molecular complexity index is 254. The summed E-state index contributed by atoms with van der Waals surface area (Å²) in [7, 11) is 0. The van der Waals surface area contributed by atoms with Gasteiger partial charge in [-0.25, -0.2) is 4.79 Å². The van der Waals surface area contributed by atoms with Crippen molar-refractivity contribution in [3.63, 3.8) is 0 Å². The van der Waals surface area contributed by atoms with Gasteiger partial charge in [0.05, 0.1) is 6.54 Å². The number of terminal acetylenes is 1. The van der Waals surface area contributed by atoms with Crippen LogP contribution >= 0.6 is 0 Å². The second kappa shape index (κ2) is 3.26. The standard InChI is InChI=1S/C8H10N2O2/c1-3-5-10-7(11)6(4-2)9-8(10)12/h1,6H,4-5H2,2H3,(H,9,12)/t6-/m0/s1. The molecule has 1 heterocycles. The maximum atomic E-state index is 11.3. The van der Waals surface area contributed by atoms with Crippen molar-refractivity contribution in [2.45, 2.75) is 19.4 Å². The first-order valence-corrected chi connectivity index (χ1v) is 3.76. The highest BCUT2D eigenvalue weighted by Gasteiger charge is 2.35. The highest BCUT2D eigenvalue weighted by molar-refractivity contribution is 6.04. The lowest BCUT2D eigenvalue weighted by atomic mass is 10.2. The van der Waals surface area contributed by atoms with E-state index in [9.17, 15) is 9.59 Å². The quantitative estimate of drug-likeness (QED) is 0.462. The van der Waals surface area contributed by atoms with Crippen LogP contribution in [0.25, 0.3) is 0 Å². The van der Waals surface area contributed by atoms with Crippen LogP contribution < -0.4 is 5.32 Å². The van der Waals surface area contributed by atoms with Gasteiger partial charge in [0.1, 0.15) is 6.04 Å². The van der Waals surface area contributed by atoms with Crippen LogP contribution in [0.4, 0.5) is 4.79 Å². The van der Waals surface area contributed by atoms with Gasteiger partial charge in [-0.2, -0.15) is 0 Å². The fourth-order valence-corrected chi connectivity index (χ4v) is 1.09. The van der Waals surface area contributed by atoms with Crippen molar-refractivity contribution in [2.75, 3.05) is 6.54 Å². The summed E-state index contributed by atoms with van der Waals surface area (Å²) in [6.07, 6.45) is 5.60. The summed E-state index contributed by atoms with van der Waals surface area (Å²) in [4.78, 5) is 23.4. The Morgan fingerprint density at radius 3 is 2.75 bits per heavy atom. The number of hydrogen-bond donors (Lipinski definition) is 1. The number of rotatable bonds is 2. The first-order valence-electron chi connectivity index (χ1n) is 3.76. The zero-order valence-electron chi connectivity index (χ0n) is 6.83. The molecule has 1 aliphatic rings. The van der Waals surface area contributed by atoms with Gasteiger partial charge in [-0.1, -0.05) is 12.8 Å². The molecule has 1 saturated heterocycles. The summed E-state index contributed by atoms with van der Waals surface area (Å²) in [6.45, 7) is 1.89. The van der Waals surface area contributed by atoms with E-state index in [2.05, 4.69) is 11.2 Å². The minimum absolute atomic E-state index is 0.0567. The number of hydrogen-bond acceptors (Lipinski definition) is 2. The zero-order valence-corrected chi connectivity index (χ0v) is 6.83. The molecule has 0 saturated carbocycles. The van der Waals surface area contributed by atoms with Crippen molar-refractivity contribution in [2.24, 2.45) is 0 Å². The molecule has 1 N–H and O–H groups in total. The smallest absolute Gasteiger partial charge is 0.325 e. The third-order valence-corrected chi connectivity index (χ3v) is 1.76. The molecule has 4 nitrogen and oxygen atoms in total. The van der Waals surface area contributed by atoms with Gasteiger partial charge in [0.15, 0.2) is 0 Å². The monoisotopic (exact) mass is 166 g/mol. The van der Waals surface area contributed by atoms with Crippen molar-refractivity contribution in [1.29, 1.82) is 0 Å². The second-order valence-corrected chi connectivity index (χ2v) is 2.54. The van der Waals surface area contributed by atoms with Crippen molar-refractivity contribution in [3.8, 4) is 12.3 Å². The summed E-state index contributed by atoms with van der Waals surface area (Å²) >= 11 is 0. The van der Waals surface area contributed by atoms with Crippen LogP contribution in [-0.4, -0.2) is 29.4 Å². The van der Waals surface area contributed by atoms with Crippen LogP contribution in [-0.2, 0) is 4.79 Å². The Kier molecular flexibility index (Phi) is 2.34. The van der Waals surface area contributed by atoms with Crippen LogP contribution in [0.15, 0.2) is 0 Å². The number of carbonyl (C=O) groups is 2. The van der Waals surface area contributed by atoms with Crippen LogP contribution in [0.2, 0.25) is 0 Å². The minimum Gasteiger partial charge on any atom is -0.326 e. The molecule has 0 radical (unpaired) electrons. The maximum absolute atomic E-state index is 11.3. The molecule has 1 aliphatic heterocycles. The summed E-state index contributed by atoms with van der Waals surface area (Å²) in [5.41, 5.74) is 0. The van der Waals surface area contributed by atoms with E-state index in [1.807, 2.05) is 6.92 Å². The van der Waals surface area contributed by atoms with E-state index in [0.29, 0.717) is 6.42 Å². The Morgan fingerprint density at radius 2 is 2.33 bits per heavy atom. The number of urea groups is 1. The van der Waals surface area contributed by atoms with Crippen molar-refractivity contribution < 1.29 is 9.59 Å². The Hall–Kier alpha value is -1.50. The lowest BCUT2D eigenvalue weighted by molar-refractivity contribution is -0.127. The lowest BCUT2D eigenvalue weighted by Gasteiger charge is -2.07. The van der Waals surface area contributed by atoms with E-state index >= 15 is 0 Å². The number of nitrogens with one attached hydrogen (secondary N) is 1. The third-order valence-electron chi connectivity index (χ3n) is 1.76. The topological polar surface area (TPSA) is 49.4 Å². The second-order valence-electron chi connectivity index (χ2n) is 2.54. The molecule has 4 heteroatoms. The molecular formula is C8H10N2O2. The van der Waals surface area contributed by atoms with Gasteiger partial charge in [0, 0.05) is 0 Å². The van der Waals surface area contributed by atoms with Crippen LogP contribution in [0.1, 0.15) is 13.3 Å². The van der Waals surface area contributed by atoms with Crippen LogP contribution in [0, 0.1) is 12.3 Å². The van der Waals surface area contributed by atoms with E-state index in [1.54, 1.807) is 0 Å². The Morgan fingerprint density at radius 1 is 1.67 bits per heavy atom. The molecule has 0 aromatic rings. The average Bonchev–Trinajstić information content (AvgIpc) is 2.32. The van der Waals surface area contributed by atoms with Crippen molar-refractivity contribution in [3.05, 3.63) is 0 Å². The molecular weight excluding hydrogens is 156 g/mol. The highest BCUT2D eigenvalue weighted by atomic mass is 16.2. The summed E-state index contributed by atoms with van der Waals surface area (Å²) in [6, 6.07) is -0.768. The Balaban J connectivity index is 2.72. The summed E-state index contributed by atoms with van der Waals surface area (Å²) in [5, 5.41) is 2.53. The maximum Gasteiger partial charge on any atom is 0.325 e. The normalized spacial score (nSPS) is 22.3. The summed E-state index contributed by atoms with van der Waals surface area (Å²) < 4.78 is 0. The first-order chi connectivity index (χ1) is 5.70. The number of amides is 3. The van der Waals surface area contributed by atoms with E-state index in [1.165, 1.54) is 0 Å². The van der Waals surface area contributed by atoms with E-state index in [4.69, 9.17) is 6.42 Å². The number of carbonyl (C=O) groups excluding carboxylic acids is 2. The molecule has 1 rings (SSSR count). The van der Waals surface area contributed by atoms with Crippen molar-refractivity contribution >= 4 is 11.9 Å². The van der Waals surface area contributed by atoms with Crippen molar-refractivity contribution in [1.82, 2.24) is 10.2 Å². The third kappa shape index (κ3) is 1.26. The molecule has 0 bridgehead atoms. The number of nitrogens with zero attached hydrogens (tertiary/aromatic N) is 1. The molecule has 0 aliphatic carbocycles. The van der Waals surface area contributed by atoms with Gasteiger partial charge in [-0.15, -0.1) is 6.42 Å². The van der Waals surface area contributed by atoms with E-state index in [-0.39, 0.29) is 24.5 Å². The van der Waals surface area contributed by atoms with Gasteiger partial charge in [-0.3, -0.25) is 9.69 Å².